The van der Waals surface area contributed by atoms with Crippen LogP contribution in [-0.2, 0) is 26.3 Å². The van der Waals surface area contributed by atoms with Crippen LogP contribution in [0, 0.1) is 5.92 Å². The second kappa shape index (κ2) is 13.7. The molecule has 0 aliphatic rings. The van der Waals surface area contributed by atoms with Crippen LogP contribution in [-0.4, -0.2) is 66.3 Å². The summed E-state index contributed by atoms with van der Waals surface area (Å²) < 4.78 is 36.9. The van der Waals surface area contributed by atoms with Crippen molar-refractivity contribution in [1.29, 1.82) is 0 Å². The lowest BCUT2D eigenvalue weighted by atomic mass is 10.1. The third-order valence-corrected chi connectivity index (χ3v) is 6.70. The molecule has 1 atom stereocenters. The van der Waals surface area contributed by atoms with E-state index in [4.69, 9.17) is 4.74 Å². The topological polar surface area (TPSA) is 156 Å². The SMILES string of the molecule is CC(C)CNS(=O)(=O)N[C@@H](CNC(=O)c1ccc2c(cnn2CCCNc2ccccn2)c1)C(=O)OC(C)(C)C. The number of carbonyl (C=O) groups excluding carboxylic acids is 2. The first-order chi connectivity index (χ1) is 18.8. The summed E-state index contributed by atoms with van der Waals surface area (Å²) in [6.07, 6.45) is 4.25. The van der Waals surface area contributed by atoms with Gasteiger partial charge in [0.1, 0.15) is 17.5 Å². The second-order valence-corrected chi connectivity index (χ2v) is 12.3. The van der Waals surface area contributed by atoms with Crippen LogP contribution in [0.2, 0.25) is 0 Å². The molecule has 0 bridgehead atoms. The van der Waals surface area contributed by atoms with Gasteiger partial charge in [0.25, 0.3) is 16.1 Å². The van der Waals surface area contributed by atoms with Crippen molar-refractivity contribution in [3.8, 4) is 0 Å². The van der Waals surface area contributed by atoms with Gasteiger partial charge in [0.05, 0.1) is 11.7 Å². The molecule has 3 aromatic rings. The molecule has 0 radical (unpaired) electrons. The van der Waals surface area contributed by atoms with E-state index in [9.17, 15) is 18.0 Å². The number of nitrogens with one attached hydrogen (secondary N) is 4. The Labute approximate surface area is 235 Å². The van der Waals surface area contributed by atoms with Crippen LogP contribution < -0.4 is 20.1 Å². The smallest absolute Gasteiger partial charge is 0.326 e. The van der Waals surface area contributed by atoms with Gasteiger partial charge in [0.2, 0.25) is 0 Å². The van der Waals surface area contributed by atoms with Gasteiger partial charge >= 0.3 is 5.97 Å². The predicted molar refractivity (Wildman–Crippen MR) is 154 cm³/mol. The van der Waals surface area contributed by atoms with E-state index >= 15 is 0 Å². The molecule has 0 spiro atoms. The molecule has 0 unspecified atom stereocenters. The van der Waals surface area contributed by atoms with Crippen LogP contribution in [0.3, 0.4) is 0 Å². The van der Waals surface area contributed by atoms with Gasteiger partial charge in [-0.1, -0.05) is 19.9 Å². The Bertz CT molecular complexity index is 1390. The third kappa shape index (κ3) is 9.88. The first kappa shape index (κ1) is 31.0. The molecule has 0 aliphatic carbocycles. The van der Waals surface area contributed by atoms with Crippen LogP contribution >= 0.6 is 0 Å². The van der Waals surface area contributed by atoms with Gasteiger partial charge in [0.15, 0.2) is 0 Å². The van der Waals surface area contributed by atoms with Gasteiger partial charge in [0, 0.05) is 43.3 Å². The second-order valence-electron chi connectivity index (χ2n) is 10.8. The first-order valence-electron chi connectivity index (χ1n) is 13.2. The molecule has 2 heterocycles. The summed E-state index contributed by atoms with van der Waals surface area (Å²) in [6.45, 7) is 10.1. The van der Waals surface area contributed by atoms with E-state index in [1.54, 1.807) is 45.3 Å². The van der Waals surface area contributed by atoms with E-state index in [0.29, 0.717) is 12.1 Å². The van der Waals surface area contributed by atoms with E-state index in [1.807, 2.05) is 42.8 Å². The number of aromatic nitrogens is 3. The fourth-order valence-electron chi connectivity index (χ4n) is 3.67. The molecule has 13 heteroatoms. The Balaban J connectivity index is 1.61. The Morgan fingerprint density at radius 3 is 2.55 bits per heavy atom. The lowest BCUT2D eigenvalue weighted by Gasteiger charge is -2.25. The highest BCUT2D eigenvalue weighted by atomic mass is 32.2. The number of pyridine rings is 1. The van der Waals surface area contributed by atoms with Crippen molar-refractivity contribution in [1.82, 2.24) is 29.5 Å². The number of nitrogens with zero attached hydrogens (tertiary/aromatic N) is 3. The fourth-order valence-corrected chi connectivity index (χ4v) is 4.86. The maximum atomic E-state index is 12.9. The van der Waals surface area contributed by atoms with Crippen LogP contribution in [0.25, 0.3) is 10.9 Å². The van der Waals surface area contributed by atoms with Gasteiger partial charge in [-0.2, -0.15) is 18.2 Å². The molecule has 1 aromatic carbocycles. The Hall–Kier alpha value is -3.55. The number of carbonyl (C=O) groups is 2. The molecule has 1 amide bonds. The lowest BCUT2D eigenvalue weighted by molar-refractivity contribution is -0.156. The van der Waals surface area contributed by atoms with Gasteiger partial charge < -0.3 is 15.4 Å². The summed E-state index contributed by atoms with van der Waals surface area (Å²) in [7, 11) is -4.01. The number of hydrogen-bond donors (Lipinski definition) is 4. The van der Waals surface area contributed by atoms with Crippen molar-refractivity contribution in [3.63, 3.8) is 0 Å². The van der Waals surface area contributed by atoms with E-state index < -0.39 is 33.7 Å². The van der Waals surface area contributed by atoms with Gasteiger partial charge in [-0.05, 0) is 63.4 Å². The van der Waals surface area contributed by atoms with Crippen LogP contribution in [0.1, 0.15) is 51.4 Å². The number of anilines is 1. The molecule has 12 nitrogen and oxygen atoms in total. The standard InChI is InChI=1S/C27H39N7O5S/c1-19(2)16-32-40(37,38)33-22(26(36)39-27(3,4)5)18-30-25(35)20-10-11-23-21(15-20)17-31-34(23)14-8-13-29-24-9-6-7-12-28-24/h6-7,9-12,15,17,19,22,32-33H,8,13-14,16,18H2,1-5H3,(H,28,29)(H,30,35)/t22-/m0/s1. The van der Waals surface area contributed by atoms with Gasteiger partial charge in [-0.3, -0.25) is 14.3 Å². The fraction of sp³-hybridized carbons (Fsp3) is 0.481. The van der Waals surface area contributed by atoms with Crippen molar-refractivity contribution in [3.05, 3.63) is 54.4 Å². The molecule has 4 N–H and O–H groups in total. The summed E-state index contributed by atoms with van der Waals surface area (Å²) >= 11 is 0. The van der Waals surface area contributed by atoms with Crippen LogP contribution in [0.4, 0.5) is 5.82 Å². The van der Waals surface area contributed by atoms with E-state index in [0.717, 1.165) is 29.7 Å². The molecular formula is C27H39N7O5S. The average molecular weight is 574 g/mol. The van der Waals surface area contributed by atoms with Crippen molar-refractivity contribution >= 4 is 38.8 Å². The molecule has 40 heavy (non-hydrogen) atoms. The molecule has 0 saturated heterocycles. The number of aryl methyl sites for hydroxylation is 1. The quantitative estimate of drug-likeness (QED) is 0.169. The zero-order valence-electron chi connectivity index (χ0n) is 23.6. The monoisotopic (exact) mass is 573 g/mol. The molecule has 218 valence electrons. The van der Waals surface area contributed by atoms with Crippen molar-refractivity contribution in [2.45, 2.75) is 59.2 Å². The Kier molecular flexibility index (Phi) is 10.6. The maximum Gasteiger partial charge on any atom is 0.326 e. The third-order valence-electron chi connectivity index (χ3n) is 5.56. The van der Waals surface area contributed by atoms with Crippen molar-refractivity contribution in [2.75, 3.05) is 25.0 Å². The minimum absolute atomic E-state index is 0.0683. The molecular weight excluding hydrogens is 534 g/mol. The zero-order chi connectivity index (χ0) is 29.3. The predicted octanol–water partition coefficient (Wildman–Crippen LogP) is 2.45. The highest BCUT2D eigenvalue weighted by Crippen LogP contribution is 2.17. The maximum absolute atomic E-state index is 12.9. The minimum Gasteiger partial charge on any atom is -0.459 e. The van der Waals surface area contributed by atoms with Gasteiger partial charge in [-0.15, -0.1) is 0 Å². The normalized spacial score (nSPS) is 12.8. The largest absolute Gasteiger partial charge is 0.459 e. The Morgan fingerprint density at radius 2 is 1.88 bits per heavy atom. The number of fused-ring (bicyclic) bond motifs is 1. The zero-order valence-corrected chi connectivity index (χ0v) is 24.4. The number of amides is 1. The lowest BCUT2D eigenvalue weighted by Crippen LogP contribution is -2.53. The number of ether oxygens (including phenoxy) is 1. The molecule has 0 aliphatic heterocycles. The number of rotatable bonds is 14. The van der Waals surface area contributed by atoms with Gasteiger partial charge in [-0.25, -0.2) is 9.71 Å². The summed E-state index contributed by atoms with van der Waals surface area (Å²) in [4.78, 5) is 29.9. The average Bonchev–Trinajstić information content (AvgIpc) is 3.29. The number of esters is 1. The van der Waals surface area contributed by atoms with Crippen LogP contribution in [0.15, 0.2) is 48.8 Å². The number of benzene rings is 1. The van der Waals surface area contributed by atoms with Crippen LogP contribution in [0.5, 0.6) is 0 Å². The molecule has 0 fully saturated rings. The van der Waals surface area contributed by atoms with Crippen molar-refractivity contribution < 1.29 is 22.7 Å². The Morgan fingerprint density at radius 1 is 1.10 bits per heavy atom. The molecule has 2 aromatic heterocycles. The highest BCUT2D eigenvalue weighted by molar-refractivity contribution is 7.87. The van der Waals surface area contributed by atoms with E-state index in [2.05, 4.69) is 30.2 Å². The number of hydrogen-bond acceptors (Lipinski definition) is 8. The molecule has 3 rings (SSSR count). The van der Waals surface area contributed by atoms with Crippen molar-refractivity contribution in [2.24, 2.45) is 5.92 Å². The molecule has 0 saturated carbocycles. The summed E-state index contributed by atoms with van der Waals surface area (Å²) in [5.74, 6) is -0.370. The first-order valence-corrected chi connectivity index (χ1v) is 14.7. The highest BCUT2D eigenvalue weighted by Gasteiger charge is 2.29. The summed E-state index contributed by atoms with van der Waals surface area (Å²) in [6, 6.07) is 9.56. The van der Waals surface area contributed by atoms with E-state index in [-0.39, 0.29) is 19.0 Å². The summed E-state index contributed by atoms with van der Waals surface area (Å²) in [5.41, 5.74) is 0.396. The van der Waals surface area contributed by atoms with E-state index in [1.165, 1.54) is 0 Å². The minimum atomic E-state index is -4.01. The summed E-state index contributed by atoms with van der Waals surface area (Å²) in [5, 5.41) is 11.1.